The van der Waals surface area contributed by atoms with Crippen LogP contribution in [0.15, 0.2) is 60.7 Å². The van der Waals surface area contributed by atoms with E-state index in [2.05, 4.69) is 31.8 Å². The van der Waals surface area contributed by atoms with Crippen LogP contribution in [0.2, 0.25) is 0 Å². The van der Waals surface area contributed by atoms with Gasteiger partial charge < -0.3 is 9.47 Å². The Morgan fingerprint density at radius 1 is 0.885 bits per heavy atom. The van der Waals surface area contributed by atoms with Gasteiger partial charge in [-0.25, -0.2) is 0 Å². The lowest BCUT2D eigenvalue weighted by Gasteiger charge is -2.28. The molecule has 5 rings (SSSR count). The minimum atomic E-state index is 0.137. The molecule has 0 saturated carbocycles. The molecule has 5 heteroatoms. The first kappa shape index (κ1) is 15.3. The summed E-state index contributed by atoms with van der Waals surface area (Å²) in [5, 5.41) is 8.90. The number of aromatic nitrogens is 3. The highest BCUT2D eigenvalue weighted by Crippen LogP contribution is 2.34. The van der Waals surface area contributed by atoms with E-state index in [0.717, 1.165) is 48.6 Å². The fourth-order valence-electron chi connectivity index (χ4n) is 4.30. The monoisotopic (exact) mass is 344 g/mol. The Kier molecular flexibility index (Phi) is 3.59. The second-order valence-corrected chi connectivity index (χ2v) is 7.08. The maximum absolute atomic E-state index is 13.1. The van der Waals surface area contributed by atoms with Crippen molar-refractivity contribution in [2.24, 2.45) is 0 Å². The van der Waals surface area contributed by atoms with Crippen molar-refractivity contribution >= 4 is 5.91 Å². The number of carbonyl (C=O) groups is 1. The number of amides is 1. The largest absolute Gasteiger partial charge is 0.330 e. The average molecular weight is 344 g/mol. The van der Waals surface area contributed by atoms with Gasteiger partial charge in [0.25, 0.3) is 5.91 Å². The van der Waals surface area contributed by atoms with Gasteiger partial charge in [-0.05, 0) is 25.0 Å². The summed E-state index contributed by atoms with van der Waals surface area (Å²) in [5.41, 5.74) is 1.84. The van der Waals surface area contributed by atoms with Gasteiger partial charge in [0.1, 0.15) is 5.82 Å². The second kappa shape index (κ2) is 6.09. The SMILES string of the molecule is O=C(c1ccccc1)N1C2CCC1Cn1c(nnc1-c1ccccc1)C2. The molecule has 1 fully saturated rings. The number of carbonyl (C=O) groups excluding carboxylic acids is 1. The molecule has 2 atom stereocenters. The third-order valence-corrected chi connectivity index (χ3v) is 5.55. The smallest absolute Gasteiger partial charge is 0.254 e. The zero-order chi connectivity index (χ0) is 17.5. The average Bonchev–Trinajstić information content (AvgIpc) is 3.22. The van der Waals surface area contributed by atoms with Crippen molar-refractivity contribution in [3.63, 3.8) is 0 Å². The van der Waals surface area contributed by atoms with Crippen LogP contribution >= 0.6 is 0 Å². The number of hydrogen-bond acceptors (Lipinski definition) is 3. The molecule has 0 radical (unpaired) electrons. The molecule has 5 nitrogen and oxygen atoms in total. The van der Waals surface area contributed by atoms with Gasteiger partial charge in [0.2, 0.25) is 0 Å². The van der Waals surface area contributed by atoms with Gasteiger partial charge in [0, 0.05) is 30.1 Å². The van der Waals surface area contributed by atoms with Crippen molar-refractivity contribution in [2.75, 3.05) is 0 Å². The number of hydrogen-bond donors (Lipinski definition) is 0. The zero-order valence-corrected chi connectivity index (χ0v) is 14.5. The second-order valence-electron chi connectivity index (χ2n) is 7.08. The van der Waals surface area contributed by atoms with E-state index in [0.29, 0.717) is 0 Å². The van der Waals surface area contributed by atoms with Gasteiger partial charge in [0.15, 0.2) is 5.82 Å². The molecule has 1 amide bonds. The quantitative estimate of drug-likeness (QED) is 0.717. The van der Waals surface area contributed by atoms with Gasteiger partial charge in [-0.1, -0.05) is 48.5 Å². The molecule has 2 aromatic carbocycles. The van der Waals surface area contributed by atoms with Crippen LogP contribution in [-0.4, -0.2) is 37.7 Å². The first-order valence-electron chi connectivity index (χ1n) is 9.16. The fourth-order valence-corrected chi connectivity index (χ4v) is 4.30. The molecule has 1 saturated heterocycles. The van der Waals surface area contributed by atoms with Crippen LogP contribution in [0.1, 0.15) is 29.0 Å². The topological polar surface area (TPSA) is 51.0 Å². The predicted molar refractivity (Wildman–Crippen MR) is 98.6 cm³/mol. The minimum Gasteiger partial charge on any atom is -0.330 e. The molecule has 0 spiro atoms. The van der Waals surface area contributed by atoms with E-state index < -0.39 is 0 Å². The summed E-state index contributed by atoms with van der Waals surface area (Å²) < 4.78 is 2.21. The third kappa shape index (κ3) is 2.43. The van der Waals surface area contributed by atoms with E-state index in [1.807, 2.05) is 48.5 Å². The van der Waals surface area contributed by atoms with Gasteiger partial charge >= 0.3 is 0 Å². The summed E-state index contributed by atoms with van der Waals surface area (Å²) in [7, 11) is 0. The summed E-state index contributed by atoms with van der Waals surface area (Å²) in [6.45, 7) is 0.766. The molecule has 3 aromatic rings. The standard InChI is InChI=1S/C21H20N4O/c26-21(16-9-5-2-6-10-16)25-17-11-12-18(25)14-24-19(13-17)22-23-20(24)15-7-3-1-4-8-15/h1-10,17-18H,11-14H2. The minimum absolute atomic E-state index is 0.137. The van der Waals surface area contributed by atoms with Crippen LogP contribution in [-0.2, 0) is 13.0 Å². The van der Waals surface area contributed by atoms with Crippen molar-refractivity contribution < 1.29 is 4.79 Å². The Morgan fingerprint density at radius 3 is 2.35 bits per heavy atom. The molecule has 130 valence electrons. The van der Waals surface area contributed by atoms with Gasteiger partial charge in [-0.3, -0.25) is 4.79 Å². The maximum atomic E-state index is 13.1. The highest BCUT2D eigenvalue weighted by Gasteiger charge is 2.41. The molecule has 0 N–H and O–H groups in total. The number of nitrogens with zero attached hydrogens (tertiary/aromatic N) is 4. The fraction of sp³-hybridized carbons (Fsp3) is 0.286. The summed E-state index contributed by atoms with van der Waals surface area (Å²) in [4.78, 5) is 15.2. The van der Waals surface area contributed by atoms with Crippen molar-refractivity contribution in [1.82, 2.24) is 19.7 Å². The molecule has 26 heavy (non-hydrogen) atoms. The molecule has 2 aliphatic rings. The normalized spacial score (nSPS) is 21.3. The number of fused-ring (bicyclic) bond motifs is 3. The predicted octanol–water partition coefficient (Wildman–Crippen LogP) is 3.17. The van der Waals surface area contributed by atoms with E-state index in [4.69, 9.17) is 0 Å². The van der Waals surface area contributed by atoms with E-state index in [1.54, 1.807) is 0 Å². The van der Waals surface area contributed by atoms with Crippen LogP contribution < -0.4 is 0 Å². The van der Waals surface area contributed by atoms with Crippen LogP contribution in [0.3, 0.4) is 0 Å². The molecule has 2 aliphatic heterocycles. The van der Waals surface area contributed by atoms with Crippen molar-refractivity contribution in [3.05, 3.63) is 72.1 Å². The summed E-state index contributed by atoms with van der Waals surface area (Å²) in [6, 6.07) is 20.2. The Morgan fingerprint density at radius 2 is 1.58 bits per heavy atom. The van der Waals surface area contributed by atoms with Gasteiger partial charge in [0.05, 0.1) is 6.04 Å². The van der Waals surface area contributed by atoms with Crippen LogP contribution in [0, 0.1) is 0 Å². The number of benzene rings is 2. The molecule has 2 unspecified atom stereocenters. The first-order valence-corrected chi connectivity index (χ1v) is 9.16. The van der Waals surface area contributed by atoms with Crippen molar-refractivity contribution in [1.29, 1.82) is 0 Å². The van der Waals surface area contributed by atoms with E-state index in [9.17, 15) is 4.79 Å². The van der Waals surface area contributed by atoms with Gasteiger partial charge in [-0.2, -0.15) is 0 Å². The van der Waals surface area contributed by atoms with Crippen molar-refractivity contribution in [3.8, 4) is 11.4 Å². The lowest BCUT2D eigenvalue weighted by molar-refractivity contribution is 0.0666. The van der Waals surface area contributed by atoms with E-state index in [1.165, 1.54) is 0 Å². The summed E-state index contributed by atoms with van der Waals surface area (Å²) in [5.74, 6) is 2.03. The Labute approximate surface area is 152 Å². The van der Waals surface area contributed by atoms with E-state index >= 15 is 0 Å². The summed E-state index contributed by atoms with van der Waals surface area (Å²) in [6.07, 6.45) is 2.85. The van der Waals surface area contributed by atoms with E-state index in [-0.39, 0.29) is 18.0 Å². The van der Waals surface area contributed by atoms with Crippen LogP contribution in [0.4, 0.5) is 0 Å². The molecule has 2 bridgehead atoms. The molecular weight excluding hydrogens is 324 g/mol. The van der Waals surface area contributed by atoms with Crippen LogP contribution in [0.5, 0.6) is 0 Å². The first-order chi connectivity index (χ1) is 12.8. The lowest BCUT2D eigenvalue weighted by Crippen LogP contribution is -2.42. The third-order valence-electron chi connectivity index (χ3n) is 5.55. The molecular formula is C21H20N4O. The van der Waals surface area contributed by atoms with Crippen molar-refractivity contribution in [2.45, 2.75) is 37.9 Å². The summed E-state index contributed by atoms with van der Waals surface area (Å²) >= 11 is 0. The molecule has 0 aliphatic carbocycles. The highest BCUT2D eigenvalue weighted by atomic mass is 16.2. The number of rotatable bonds is 2. The maximum Gasteiger partial charge on any atom is 0.254 e. The zero-order valence-electron chi connectivity index (χ0n) is 14.5. The Balaban J connectivity index is 1.50. The lowest BCUT2D eigenvalue weighted by atomic mass is 10.1. The van der Waals surface area contributed by atoms with Gasteiger partial charge in [-0.15, -0.1) is 10.2 Å². The Hall–Kier alpha value is -2.95. The molecule has 3 heterocycles. The van der Waals surface area contributed by atoms with Crippen LogP contribution in [0.25, 0.3) is 11.4 Å². The Bertz CT molecular complexity index is 935. The molecule has 1 aromatic heterocycles. The highest BCUT2D eigenvalue weighted by molar-refractivity contribution is 5.94.